The van der Waals surface area contributed by atoms with Gasteiger partial charge in [0, 0.05) is 56.6 Å². The van der Waals surface area contributed by atoms with Crippen LogP contribution in [0.15, 0.2) is 146 Å². The fourth-order valence-corrected chi connectivity index (χ4v) is 6.62. The lowest BCUT2D eigenvalue weighted by Crippen LogP contribution is -1.97. The summed E-state index contributed by atoms with van der Waals surface area (Å²) in [5.74, 6) is 0.889. The van der Waals surface area contributed by atoms with Gasteiger partial charge >= 0.3 is 0 Å². The second kappa shape index (κ2) is 9.33. The van der Waals surface area contributed by atoms with Crippen LogP contribution in [0.5, 0.6) is 0 Å². The van der Waals surface area contributed by atoms with Crippen LogP contribution in [0.4, 0.5) is 0 Å². The molecule has 0 radical (unpaired) electrons. The lowest BCUT2D eigenvalue weighted by atomic mass is 9.95. The number of hydrogen-bond acceptors (Lipinski definition) is 3. The predicted molar refractivity (Wildman–Crippen MR) is 178 cm³/mol. The summed E-state index contributed by atoms with van der Waals surface area (Å²) in [7, 11) is 0. The largest absolute Gasteiger partial charge is 0.293 e. The maximum absolute atomic E-state index is 4.95. The van der Waals surface area contributed by atoms with E-state index >= 15 is 0 Å². The lowest BCUT2D eigenvalue weighted by Gasteiger charge is -2.13. The van der Waals surface area contributed by atoms with Gasteiger partial charge in [0.1, 0.15) is 5.82 Å². The van der Waals surface area contributed by atoms with Crippen molar-refractivity contribution >= 4 is 54.1 Å². The van der Waals surface area contributed by atoms with Crippen LogP contribution >= 0.6 is 0 Å². The monoisotopic (exact) mass is 548 g/mol. The van der Waals surface area contributed by atoms with E-state index in [0.29, 0.717) is 0 Å². The van der Waals surface area contributed by atoms with Gasteiger partial charge in [-0.2, -0.15) is 0 Å². The topological polar surface area (TPSA) is 43.6 Å². The van der Waals surface area contributed by atoms with Crippen molar-refractivity contribution in [1.82, 2.24) is 19.5 Å². The Labute approximate surface area is 247 Å². The van der Waals surface area contributed by atoms with Crippen LogP contribution in [0.25, 0.3) is 82.5 Å². The Morgan fingerprint density at radius 3 is 1.81 bits per heavy atom. The van der Waals surface area contributed by atoms with Gasteiger partial charge in [0.25, 0.3) is 0 Å². The molecule has 0 atom stereocenters. The average Bonchev–Trinajstić information content (AvgIpc) is 3.41. The van der Waals surface area contributed by atoms with Gasteiger partial charge in [0.2, 0.25) is 0 Å². The molecule has 0 aliphatic heterocycles. The number of benzene rings is 5. The van der Waals surface area contributed by atoms with Gasteiger partial charge in [-0.3, -0.25) is 14.5 Å². The third-order valence-corrected chi connectivity index (χ3v) is 8.52. The Hall–Kier alpha value is -5.87. The van der Waals surface area contributed by atoms with Crippen molar-refractivity contribution in [1.29, 1.82) is 0 Å². The Morgan fingerprint density at radius 1 is 0.419 bits per heavy atom. The van der Waals surface area contributed by atoms with Crippen LogP contribution in [-0.4, -0.2) is 19.5 Å². The van der Waals surface area contributed by atoms with Crippen molar-refractivity contribution in [2.45, 2.75) is 0 Å². The Kier molecular flexibility index (Phi) is 5.16. The molecule has 5 aromatic carbocycles. The van der Waals surface area contributed by atoms with Crippen molar-refractivity contribution in [2.75, 3.05) is 0 Å². The van der Waals surface area contributed by atoms with Crippen LogP contribution in [0.3, 0.4) is 0 Å². The quantitative estimate of drug-likeness (QED) is 0.221. The minimum Gasteiger partial charge on any atom is -0.293 e. The first-order valence-corrected chi connectivity index (χ1v) is 14.4. The Balaban J connectivity index is 1.44. The summed E-state index contributed by atoms with van der Waals surface area (Å²) in [6.45, 7) is 0. The fraction of sp³-hybridized carbons (Fsp3) is 0. The first kappa shape index (κ1) is 23.8. The number of pyridine rings is 3. The number of rotatable bonds is 3. The van der Waals surface area contributed by atoms with Gasteiger partial charge in [-0.1, -0.05) is 84.9 Å². The number of hydrogen-bond donors (Lipinski definition) is 0. The first-order valence-electron chi connectivity index (χ1n) is 14.4. The van der Waals surface area contributed by atoms with E-state index in [1.807, 2.05) is 30.7 Å². The molecule has 4 heterocycles. The van der Waals surface area contributed by atoms with E-state index in [0.717, 1.165) is 71.7 Å². The third kappa shape index (κ3) is 3.60. The minimum absolute atomic E-state index is 0.889. The van der Waals surface area contributed by atoms with Crippen LogP contribution in [0.2, 0.25) is 0 Å². The van der Waals surface area contributed by atoms with Crippen molar-refractivity contribution in [2.24, 2.45) is 0 Å². The summed E-state index contributed by atoms with van der Waals surface area (Å²) in [4.78, 5) is 14.6. The SMILES string of the molecule is c1ccc(-n2c3ccc(-c4nccc5ccccc45)cc3c3cc(-c4nccc5ccccc45)c4ccccc4c32)nc1. The summed E-state index contributed by atoms with van der Waals surface area (Å²) < 4.78 is 2.30. The van der Waals surface area contributed by atoms with E-state index in [-0.39, 0.29) is 0 Å². The summed E-state index contributed by atoms with van der Waals surface area (Å²) >= 11 is 0. The van der Waals surface area contributed by atoms with Gasteiger partial charge in [-0.05, 0) is 58.6 Å². The van der Waals surface area contributed by atoms with Crippen LogP contribution in [-0.2, 0) is 0 Å². The molecule has 0 fully saturated rings. The molecule has 0 unspecified atom stereocenters. The van der Waals surface area contributed by atoms with E-state index < -0.39 is 0 Å². The zero-order valence-electron chi connectivity index (χ0n) is 23.1. The molecule has 0 saturated carbocycles. The molecular weight excluding hydrogens is 524 g/mol. The highest BCUT2D eigenvalue weighted by Gasteiger charge is 2.20. The van der Waals surface area contributed by atoms with Crippen molar-refractivity contribution < 1.29 is 0 Å². The Bertz CT molecular complexity index is 2500. The second-order valence-electron chi connectivity index (χ2n) is 10.9. The van der Waals surface area contributed by atoms with Gasteiger partial charge in [0.15, 0.2) is 0 Å². The minimum atomic E-state index is 0.889. The summed E-state index contributed by atoms with van der Waals surface area (Å²) in [5, 5.41) is 9.28. The molecule has 4 nitrogen and oxygen atoms in total. The molecule has 9 rings (SSSR count). The maximum atomic E-state index is 4.95. The highest BCUT2D eigenvalue weighted by Crippen LogP contribution is 2.43. The van der Waals surface area contributed by atoms with Crippen LogP contribution in [0, 0.1) is 0 Å². The zero-order chi connectivity index (χ0) is 28.3. The van der Waals surface area contributed by atoms with Gasteiger partial charge in [-0.25, -0.2) is 4.98 Å². The van der Waals surface area contributed by atoms with Gasteiger partial charge < -0.3 is 0 Å². The second-order valence-corrected chi connectivity index (χ2v) is 10.9. The van der Waals surface area contributed by atoms with Crippen LogP contribution in [0.1, 0.15) is 0 Å². The fourth-order valence-electron chi connectivity index (χ4n) is 6.62. The van der Waals surface area contributed by atoms with E-state index in [1.54, 1.807) is 0 Å². The molecule has 4 heteroatoms. The summed E-state index contributed by atoms with van der Waals surface area (Å²) in [6.07, 6.45) is 5.67. The molecule has 0 saturated heterocycles. The molecule has 0 aliphatic rings. The molecule has 0 N–H and O–H groups in total. The Morgan fingerprint density at radius 2 is 1.07 bits per heavy atom. The number of nitrogens with zero attached hydrogens (tertiary/aromatic N) is 4. The molecule has 0 aliphatic carbocycles. The van der Waals surface area contributed by atoms with Gasteiger partial charge in [0.05, 0.1) is 22.4 Å². The molecule has 200 valence electrons. The normalized spacial score (nSPS) is 11.7. The van der Waals surface area contributed by atoms with Crippen LogP contribution < -0.4 is 0 Å². The summed E-state index contributed by atoms with van der Waals surface area (Å²) in [6, 6.07) is 44.8. The van der Waals surface area contributed by atoms with Crippen molar-refractivity contribution in [3.05, 3.63) is 146 Å². The van der Waals surface area contributed by atoms with Crippen molar-refractivity contribution in [3.63, 3.8) is 0 Å². The molecule has 43 heavy (non-hydrogen) atoms. The smallest absolute Gasteiger partial charge is 0.137 e. The molecule has 9 aromatic rings. The average molecular weight is 549 g/mol. The molecule has 0 spiro atoms. The van der Waals surface area contributed by atoms with E-state index in [4.69, 9.17) is 15.0 Å². The number of aromatic nitrogens is 4. The van der Waals surface area contributed by atoms with E-state index in [2.05, 4.69) is 120 Å². The van der Waals surface area contributed by atoms with Crippen molar-refractivity contribution in [3.8, 4) is 28.3 Å². The van der Waals surface area contributed by atoms with Gasteiger partial charge in [-0.15, -0.1) is 0 Å². The molecule has 0 bridgehead atoms. The molecule has 0 amide bonds. The molecular formula is C39H24N4. The lowest BCUT2D eigenvalue weighted by molar-refractivity contribution is 1.08. The predicted octanol–water partition coefficient (Wildman–Crippen LogP) is 9.76. The standard InChI is InChI=1S/C39H24N4/c1-3-11-28-25(9-1)18-21-41-37(28)27-16-17-35-32(23-27)34-24-33(38-29-12-4-2-10-26(29)19-22-42-38)30-13-5-6-14-31(30)39(34)43(35)36-15-7-8-20-40-36/h1-24H. The van der Waals surface area contributed by atoms with E-state index in [1.165, 1.54) is 10.8 Å². The third-order valence-electron chi connectivity index (χ3n) is 8.52. The maximum Gasteiger partial charge on any atom is 0.137 e. The van der Waals surface area contributed by atoms with E-state index in [9.17, 15) is 0 Å². The summed E-state index contributed by atoms with van der Waals surface area (Å²) in [5.41, 5.74) is 6.41. The highest BCUT2D eigenvalue weighted by atomic mass is 15.1. The zero-order valence-corrected chi connectivity index (χ0v) is 23.1. The highest BCUT2D eigenvalue weighted by molar-refractivity contribution is 6.23. The first-order chi connectivity index (χ1) is 21.3. The number of fused-ring (bicyclic) bond motifs is 7. The molecule has 4 aromatic heterocycles.